The molecule has 17 heavy (non-hydrogen) atoms. The second kappa shape index (κ2) is 4.29. The Bertz CT molecular complexity index is 473. The highest BCUT2D eigenvalue weighted by atomic mass is 32.1. The van der Waals surface area contributed by atoms with Gasteiger partial charge in [0.05, 0.1) is 5.56 Å². The minimum Gasteiger partial charge on any atom is -0.311 e. The number of carbonyl (C=O) groups is 1. The van der Waals surface area contributed by atoms with Crippen molar-refractivity contribution in [3.8, 4) is 6.07 Å². The molecule has 1 aromatic heterocycles. The molecule has 0 atom stereocenters. The van der Waals surface area contributed by atoms with Crippen molar-refractivity contribution in [2.24, 2.45) is 0 Å². The monoisotopic (exact) mass is 270 g/mol. The van der Waals surface area contributed by atoms with Crippen LogP contribution in [0.4, 0.5) is 27.0 Å². The fourth-order valence-electron chi connectivity index (χ4n) is 0.804. The van der Waals surface area contributed by atoms with Gasteiger partial charge in [-0.25, -0.2) is 0 Å². The van der Waals surface area contributed by atoms with Gasteiger partial charge in [0.2, 0.25) is 0 Å². The average molecular weight is 270 g/mol. The molecule has 0 aliphatic heterocycles. The summed E-state index contributed by atoms with van der Waals surface area (Å²) in [7, 11) is 0. The normalized spacial score (nSPS) is 12.0. The van der Waals surface area contributed by atoms with Gasteiger partial charge in [0.15, 0.2) is 0 Å². The third-order valence-electron chi connectivity index (χ3n) is 1.65. The van der Waals surface area contributed by atoms with Crippen LogP contribution in [0.5, 0.6) is 0 Å². The Labute approximate surface area is 95.5 Å². The van der Waals surface area contributed by atoms with Gasteiger partial charge in [0.1, 0.15) is 11.1 Å². The van der Waals surface area contributed by atoms with Gasteiger partial charge in [-0.1, -0.05) is 0 Å². The first kappa shape index (κ1) is 13.4. The number of nitrogens with one attached hydrogen (secondary N) is 1. The van der Waals surface area contributed by atoms with E-state index < -0.39 is 18.0 Å². The molecule has 1 heterocycles. The molecule has 0 saturated heterocycles. The minimum absolute atomic E-state index is 0.179. The molecule has 1 amide bonds. The van der Waals surface area contributed by atoms with Crippen molar-refractivity contribution in [1.82, 2.24) is 0 Å². The van der Waals surface area contributed by atoms with Crippen molar-refractivity contribution in [2.45, 2.75) is 12.1 Å². The maximum atomic E-state index is 12.5. The molecule has 1 rings (SSSR count). The van der Waals surface area contributed by atoms with Gasteiger partial charge in [0.25, 0.3) is 0 Å². The predicted octanol–water partition coefficient (Wildman–Crippen LogP) is 2.76. The largest absolute Gasteiger partial charge is 0.463 e. The Kier molecular flexibility index (Phi) is 3.38. The first-order valence-corrected chi connectivity index (χ1v) is 4.81. The van der Waals surface area contributed by atoms with E-state index in [4.69, 9.17) is 5.26 Å². The Hall–Kier alpha value is -1.69. The van der Waals surface area contributed by atoms with Crippen molar-refractivity contribution in [3.05, 3.63) is 17.0 Å². The smallest absolute Gasteiger partial charge is 0.311 e. The summed E-state index contributed by atoms with van der Waals surface area (Å²) in [5.74, 6) is -8.01. The van der Waals surface area contributed by atoms with Crippen molar-refractivity contribution in [2.75, 3.05) is 5.32 Å². The minimum atomic E-state index is -5.97. The highest BCUT2D eigenvalue weighted by Gasteiger charge is 2.63. The molecule has 1 N–H and O–H groups in total. The second-order valence-electron chi connectivity index (χ2n) is 2.80. The van der Waals surface area contributed by atoms with Crippen LogP contribution in [0.25, 0.3) is 0 Å². The number of hydrogen-bond acceptors (Lipinski definition) is 3. The van der Waals surface area contributed by atoms with Crippen molar-refractivity contribution < 1.29 is 26.7 Å². The zero-order chi connectivity index (χ0) is 13.3. The number of thiophene rings is 1. The van der Waals surface area contributed by atoms with Crippen LogP contribution in [-0.2, 0) is 4.79 Å². The number of amides is 1. The number of hydrogen-bond donors (Lipinski definition) is 1. The predicted molar refractivity (Wildman–Crippen MR) is 48.7 cm³/mol. The van der Waals surface area contributed by atoms with Crippen LogP contribution in [0.15, 0.2) is 11.4 Å². The maximum Gasteiger partial charge on any atom is 0.463 e. The van der Waals surface area contributed by atoms with E-state index in [-0.39, 0.29) is 10.6 Å². The van der Waals surface area contributed by atoms with E-state index in [0.717, 1.165) is 0 Å². The molecule has 0 spiro atoms. The maximum absolute atomic E-state index is 12.5. The van der Waals surface area contributed by atoms with Gasteiger partial charge in [-0.05, 0) is 11.4 Å². The number of anilines is 1. The lowest BCUT2D eigenvalue weighted by atomic mass is 10.3. The quantitative estimate of drug-likeness (QED) is 0.840. The number of nitriles is 1. The van der Waals surface area contributed by atoms with E-state index in [1.807, 2.05) is 0 Å². The number of nitrogens with zero attached hydrogens (tertiary/aromatic N) is 1. The Balaban J connectivity index is 2.92. The number of alkyl halides is 5. The standard InChI is InChI=1S/C8H3F5N2OS/c9-7(10,8(11,12)13)6(16)15-5-4(3-14)1-2-17-5/h1-2H,(H,15,16). The van der Waals surface area contributed by atoms with Crippen LogP contribution in [0.3, 0.4) is 0 Å². The highest BCUT2D eigenvalue weighted by Crippen LogP contribution is 2.37. The third-order valence-corrected chi connectivity index (χ3v) is 2.48. The molecule has 92 valence electrons. The van der Waals surface area contributed by atoms with Crippen LogP contribution < -0.4 is 5.32 Å². The molecule has 0 fully saturated rings. The molecule has 0 unspecified atom stereocenters. The SMILES string of the molecule is N#Cc1ccsc1NC(=O)C(F)(F)C(F)(F)F. The van der Waals surface area contributed by atoms with E-state index in [0.29, 0.717) is 11.3 Å². The fourth-order valence-corrected chi connectivity index (χ4v) is 1.54. The molecule has 3 nitrogen and oxygen atoms in total. The first-order valence-electron chi connectivity index (χ1n) is 3.93. The van der Waals surface area contributed by atoms with Crippen molar-refractivity contribution in [1.29, 1.82) is 5.26 Å². The summed E-state index contributed by atoms with van der Waals surface area (Å²) in [6.07, 6.45) is -5.97. The lowest BCUT2D eigenvalue weighted by molar-refractivity contribution is -0.267. The molecule has 0 bridgehead atoms. The lowest BCUT2D eigenvalue weighted by Gasteiger charge is -2.18. The third kappa shape index (κ3) is 2.52. The van der Waals surface area contributed by atoms with Crippen LogP contribution in [0.1, 0.15) is 5.56 Å². The van der Waals surface area contributed by atoms with Gasteiger partial charge in [0, 0.05) is 0 Å². The molecular formula is C8H3F5N2OS. The zero-order valence-electron chi connectivity index (χ0n) is 7.81. The highest BCUT2D eigenvalue weighted by molar-refractivity contribution is 7.14. The second-order valence-corrected chi connectivity index (χ2v) is 3.72. The van der Waals surface area contributed by atoms with Gasteiger partial charge < -0.3 is 5.32 Å². The summed E-state index contributed by atoms with van der Waals surface area (Å²) < 4.78 is 60.5. The molecule has 0 aromatic carbocycles. The van der Waals surface area contributed by atoms with Crippen LogP contribution >= 0.6 is 11.3 Å². The summed E-state index contributed by atoms with van der Waals surface area (Å²) in [6.45, 7) is 0. The summed E-state index contributed by atoms with van der Waals surface area (Å²) >= 11 is 0.674. The number of rotatable bonds is 2. The molecule has 1 aromatic rings. The number of carbonyl (C=O) groups excluding carboxylic acids is 1. The summed E-state index contributed by atoms with van der Waals surface area (Å²) in [5, 5.41) is 10.8. The van der Waals surface area contributed by atoms with Gasteiger partial charge in [-0.2, -0.15) is 27.2 Å². The van der Waals surface area contributed by atoms with Crippen molar-refractivity contribution in [3.63, 3.8) is 0 Å². The van der Waals surface area contributed by atoms with Crippen LogP contribution in [0.2, 0.25) is 0 Å². The summed E-state index contributed by atoms with van der Waals surface area (Å²) in [4.78, 5) is 10.8. The molecule has 0 saturated carbocycles. The number of halogens is 5. The van der Waals surface area contributed by atoms with E-state index in [1.54, 1.807) is 6.07 Å². The van der Waals surface area contributed by atoms with Gasteiger partial charge in [-0.15, -0.1) is 11.3 Å². The average Bonchev–Trinajstić information content (AvgIpc) is 2.63. The van der Waals surface area contributed by atoms with E-state index in [9.17, 15) is 26.7 Å². The zero-order valence-corrected chi connectivity index (χ0v) is 8.62. The Morgan fingerprint density at radius 2 is 1.94 bits per heavy atom. The topological polar surface area (TPSA) is 52.9 Å². The summed E-state index contributed by atoms with van der Waals surface area (Å²) in [6, 6.07) is 2.73. The van der Waals surface area contributed by atoms with Crippen LogP contribution in [-0.4, -0.2) is 18.0 Å². The van der Waals surface area contributed by atoms with E-state index in [2.05, 4.69) is 0 Å². The Morgan fingerprint density at radius 3 is 2.41 bits per heavy atom. The molecule has 0 aliphatic carbocycles. The van der Waals surface area contributed by atoms with Crippen molar-refractivity contribution >= 4 is 22.2 Å². The molecule has 9 heteroatoms. The fraction of sp³-hybridized carbons (Fsp3) is 0.250. The first-order chi connectivity index (χ1) is 7.70. The molecule has 0 radical (unpaired) electrons. The van der Waals surface area contributed by atoms with E-state index >= 15 is 0 Å². The molecule has 0 aliphatic rings. The molecular weight excluding hydrogens is 267 g/mol. The lowest BCUT2D eigenvalue weighted by Crippen LogP contribution is -2.47. The van der Waals surface area contributed by atoms with Gasteiger partial charge in [-0.3, -0.25) is 4.79 Å². The van der Waals surface area contributed by atoms with Gasteiger partial charge >= 0.3 is 18.0 Å². The summed E-state index contributed by atoms with van der Waals surface area (Å²) in [5.41, 5.74) is -0.179. The van der Waals surface area contributed by atoms with Crippen LogP contribution in [0, 0.1) is 11.3 Å². The Morgan fingerprint density at radius 1 is 1.35 bits per heavy atom. The van der Waals surface area contributed by atoms with E-state index in [1.165, 1.54) is 16.8 Å².